The van der Waals surface area contributed by atoms with Crippen LogP contribution in [0.1, 0.15) is 38.2 Å². The van der Waals surface area contributed by atoms with Gasteiger partial charge in [0.2, 0.25) is 17.7 Å². The Labute approximate surface area is 140 Å². The van der Waals surface area contributed by atoms with E-state index in [1.165, 1.54) is 12.1 Å². The maximum absolute atomic E-state index is 12.9. The number of halogens is 1. The molecule has 6 heteroatoms. The van der Waals surface area contributed by atoms with Gasteiger partial charge in [-0.2, -0.15) is 0 Å². The molecule has 1 aromatic carbocycles. The molecule has 2 fully saturated rings. The van der Waals surface area contributed by atoms with Crippen molar-refractivity contribution in [1.29, 1.82) is 0 Å². The van der Waals surface area contributed by atoms with Crippen molar-refractivity contribution in [3.63, 3.8) is 0 Å². The van der Waals surface area contributed by atoms with Gasteiger partial charge in [0.15, 0.2) is 0 Å². The second-order valence-electron chi connectivity index (χ2n) is 6.56. The van der Waals surface area contributed by atoms with E-state index in [9.17, 15) is 18.8 Å². The Hall–Kier alpha value is -2.24. The first-order valence-electron chi connectivity index (χ1n) is 8.38. The predicted molar refractivity (Wildman–Crippen MR) is 85.0 cm³/mol. The lowest BCUT2D eigenvalue weighted by atomic mass is 9.81. The molecule has 1 saturated heterocycles. The highest BCUT2D eigenvalue weighted by Gasteiger charge is 2.50. The van der Waals surface area contributed by atoms with Gasteiger partial charge < -0.3 is 5.32 Å². The third-order valence-corrected chi connectivity index (χ3v) is 5.02. The summed E-state index contributed by atoms with van der Waals surface area (Å²) in [7, 11) is 0. The van der Waals surface area contributed by atoms with Crippen molar-refractivity contribution >= 4 is 17.7 Å². The van der Waals surface area contributed by atoms with E-state index in [1.807, 2.05) is 0 Å². The summed E-state index contributed by atoms with van der Waals surface area (Å²) in [5.74, 6) is -1.64. The minimum Gasteiger partial charge on any atom is -0.350 e. The molecule has 3 rings (SSSR count). The molecule has 1 aromatic rings. The maximum Gasteiger partial charge on any atom is 0.243 e. The standard InChI is InChI=1S/C18H21FN2O3/c1-11(16(22)20-10-12-6-8-13(19)9-7-12)21-17(23)14-4-2-3-5-15(14)18(21)24/h6-9,11,14-15H,2-5,10H2,1H3,(H,20,22). The van der Waals surface area contributed by atoms with Gasteiger partial charge in [0.05, 0.1) is 11.8 Å². The van der Waals surface area contributed by atoms with Gasteiger partial charge in [-0.3, -0.25) is 19.3 Å². The molecule has 5 nitrogen and oxygen atoms in total. The number of nitrogens with zero attached hydrogens (tertiary/aromatic N) is 1. The molecule has 1 aliphatic carbocycles. The van der Waals surface area contributed by atoms with Crippen LogP contribution in [-0.2, 0) is 20.9 Å². The number of nitrogens with one attached hydrogen (secondary N) is 1. The zero-order chi connectivity index (χ0) is 17.3. The number of benzene rings is 1. The molecule has 3 unspecified atom stereocenters. The Morgan fingerprint density at radius 3 is 2.25 bits per heavy atom. The number of amides is 3. The molecule has 1 saturated carbocycles. The van der Waals surface area contributed by atoms with Crippen molar-refractivity contribution in [2.75, 3.05) is 0 Å². The van der Waals surface area contributed by atoms with Crippen LogP contribution in [0, 0.1) is 17.7 Å². The molecule has 1 heterocycles. The summed E-state index contributed by atoms with van der Waals surface area (Å²) in [6.45, 7) is 1.81. The quantitative estimate of drug-likeness (QED) is 0.858. The van der Waals surface area contributed by atoms with Crippen molar-refractivity contribution in [2.45, 2.75) is 45.2 Å². The highest BCUT2D eigenvalue weighted by atomic mass is 19.1. The molecule has 24 heavy (non-hydrogen) atoms. The van der Waals surface area contributed by atoms with Crippen LogP contribution in [0.15, 0.2) is 24.3 Å². The summed E-state index contributed by atoms with van der Waals surface area (Å²) < 4.78 is 12.9. The van der Waals surface area contributed by atoms with Crippen molar-refractivity contribution in [2.24, 2.45) is 11.8 Å². The average Bonchev–Trinajstić information content (AvgIpc) is 2.85. The van der Waals surface area contributed by atoms with E-state index in [0.29, 0.717) is 0 Å². The molecule has 2 aliphatic rings. The molecular weight excluding hydrogens is 311 g/mol. The summed E-state index contributed by atoms with van der Waals surface area (Å²) in [6, 6.07) is 4.99. The van der Waals surface area contributed by atoms with Gasteiger partial charge in [0, 0.05) is 6.54 Å². The fourth-order valence-corrected chi connectivity index (χ4v) is 3.63. The Morgan fingerprint density at radius 1 is 1.17 bits per heavy atom. The van der Waals surface area contributed by atoms with Gasteiger partial charge in [0.25, 0.3) is 0 Å². The van der Waals surface area contributed by atoms with E-state index in [-0.39, 0.29) is 41.9 Å². The van der Waals surface area contributed by atoms with Crippen LogP contribution in [0.25, 0.3) is 0 Å². The fraction of sp³-hybridized carbons (Fsp3) is 0.500. The SMILES string of the molecule is CC(C(=O)NCc1ccc(F)cc1)N1C(=O)C2CCCCC2C1=O. The molecule has 0 radical (unpaired) electrons. The van der Waals surface area contributed by atoms with Crippen LogP contribution < -0.4 is 5.32 Å². The summed E-state index contributed by atoms with van der Waals surface area (Å²) >= 11 is 0. The van der Waals surface area contributed by atoms with Crippen LogP contribution in [0.5, 0.6) is 0 Å². The molecule has 3 amide bonds. The lowest BCUT2D eigenvalue weighted by Crippen LogP contribution is -2.48. The van der Waals surface area contributed by atoms with Gasteiger partial charge in [-0.25, -0.2) is 4.39 Å². The Kier molecular flexibility index (Phi) is 4.64. The van der Waals surface area contributed by atoms with Crippen molar-refractivity contribution in [3.8, 4) is 0 Å². The van der Waals surface area contributed by atoms with Crippen LogP contribution in [0.3, 0.4) is 0 Å². The fourth-order valence-electron chi connectivity index (χ4n) is 3.63. The number of hydrogen-bond donors (Lipinski definition) is 1. The minimum absolute atomic E-state index is 0.214. The van der Waals surface area contributed by atoms with Gasteiger partial charge in [-0.1, -0.05) is 25.0 Å². The van der Waals surface area contributed by atoms with E-state index in [1.54, 1.807) is 19.1 Å². The zero-order valence-corrected chi connectivity index (χ0v) is 13.6. The van der Waals surface area contributed by atoms with Crippen LogP contribution in [0.4, 0.5) is 4.39 Å². The molecule has 128 valence electrons. The van der Waals surface area contributed by atoms with Crippen molar-refractivity contribution in [3.05, 3.63) is 35.6 Å². The van der Waals surface area contributed by atoms with Crippen molar-refractivity contribution < 1.29 is 18.8 Å². The first kappa shape index (κ1) is 16.6. The third kappa shape index (κ3) is 3.05. The second kappa shape index (κ2) is 6.71. The van der Waals surface area contributed by atoms with Crippen LogP contribution >= 0.6 is 0 Å². The van der Waals surface area contributed by atoms with Crippen LogP contribution in [0.2, 0.25) is 0 Å². The third-order valence-electron chi connectivity index (χ3n) is 5.02. The number of fused-ring (bicyclic) bond motifs is 1. The molecule has 3 atom stereocenters. The first-order valence-corrected chi connectivity index (χ1v) is 8.38. The molecule has 0 bridgehead atoms. The van der Waals surface area contributed by atoms with E-state index >= 15 is 0 Å². The molecule has 1 aliphatic heterocycles. The van der Waals surface area contributed by atoms with E-state index in [4.69, 9.17) is 0 Å². The lowest BCUT2D eigenvalue weighted by Gasteiger charge is -2.22. The van der Waals surface area contributed by atoms with Gasteiger partial charge in [0.1, 0.15) is 11.9 Å². The summed E-state index contributed by atoms with van der Waals surface area (Å²) in [5.41, 5.74) is 0.754. The molecule has 0 aromatic heterocycles. The van der Waals surface area contributed by atoms with E-state index in [0.717, 1.165) is 36.1 Å². The summed E-state index contributed by atoms with van der Waals surface area (Å²) in [5, 5.41) is 2.71. The first-order chi connectivity index (χ1) is 11.5. The smallest absolute Gasteiger partial charge is 0.243 e. The van der Waals surface area contributed by atoms with Gasteiger partial charge in [-0.05, 0) is 37.5 Å². The molecule has 1 N–H and O–H groups in total. The Bertz CT molecular complexity index is 635. The molecular formula is C18H21FN2O3. The average molecular weight is 332 g/mol. The number of likely N-dealkylation sites (tertiary alicyclic amines) is 1. The maximum atomic E-state index is 12.9. The highest BCUT2D eigenvalue weighted by Crippen LogP contribution is 2.38. The van der Waals surface area contributed by atoms with Gasteiger partial charge in [-0.15, -0.1) is 0 Å². The number of hydrogen-bond acceptors (Lipinski definition) is 3. The predicted octanol–water partition coefficient (Wildman–Crippen LogP) is 2.01. The number of rotatable bonds is 4. The summed E-state index contributed by atoms with van der Waals surface area (Å²) in [6.07, 6.45) is 3.38. The van der Waals surface area contributed by atoms with Crippen molar-refractivity contribution in [1.82, 2.24) is 10.2 Å². The topological polar surface area (TPSA) is 66.5 Å². The lowest BCUT2D eigenvalue weighted by molar-refractivity contribution is -0.147. The summed E-state index contributed by atoms with van der Waals surface area (Å²) in [4.78, 5) is 38.5. The van der Waals surface area contributed by atoms with Gasteiger partial charge >= 0.3 is 0 Å². The Balaban J connectivity index is 1.63. The van der Waals surface area contributed by atoms with E-state index < -0.39 is 6.04 Å². The van der Waals surface area contributed by atoms with E-state index in [2.05, 4.69) is 5.32 Å². The Morgan fingerprint density at radius 2 is 1.71 bits per heavy atom. The number of carbonyl (C=O) groups excluding carboxylic acids is 3. The largest absolute Gasteiger partial charge is 0.350 e. The highest BCUT2D eigenvalue weighted by molar-refractivity contribution is 6.08. The van der Waals surface area contributed by atoms with Crippen LogP contribution in [-0.4, -0.2) is 28.7 Å². The number of carbonyl (C=O) groups is 3. The molecule has 0 spiro atoms. The zero-order valence-electron chi connectivity index (χ0n) is 13.6. The monoisotopic (exact) mass is 332 g/mol. The number of imide groups is 1. The second-order valence-corrected chi connectivity index (χ2v) is 6.56. The minimum atomic E-state index is -0.823. The normalized spacial score (nSPS) is 24.7.